The van der Waals surface area contributed by atoms with Gasteiger partial charge in [0.15, 0.2) is 0 Å². The highest BCUT2D eigenvalue weighted by Crippen LogP contribution is 2.36. The van der Waals surface area contributed by atoms with Gasteiger partial charge >= 0.3 is 0 Å². The molecule has 0 saturated heterocycles. The molecule has 0 spiro atoms. The van der Waals surface area contributed by atoms with Crippen LogP contribution in [-0.2, 0) is 0 Å². The largest absolute Gasteiger partial charge is 0.322 e. The number of hydrogen-bond donors (Lipinski definition) is 3. The van der Waals surface area contributed by atoms with Crippen LogP contribution in [0, 0.1) is 0 Å². The molecule has 28 heavy (non-hydrogen) atoms. The third kappa shape index (κ3) is 5.02. The lowest BCUT2D eigenvalue weighted by atomic mass is 10.2. The van der Waals surface area contributed by atoms with Gasteiger partial charge in [0, 0.05) is 22.5 Å². The molecule has 0 aliphatic carbocycles. The van der Waals surface area contributed by atoms with E-state index < -0.39 is 0 Å². The van der Waals surface area contributed by atoms with E-state index in [0.29, 0.717) is 22.5 Å². The van der Waals surface area contributed by atoms with Crippen LogP contribution in [-0.4, -0.2) is 23.8 Å². The summed E-state index contributed by atoms with van der Waals surface area (Å²) in [5, 5.41) is 5.90. The van der Waals surface area contributed by atoms with Gasteiger partial charge in [-0.25, -0.2) is 10.9 Å². The number of anilines is 2. The summed E-state index contributed by atoms with van der Waals surface area (Å²) < 4.78 is 0. The summed E-state index contributed by atoms with van der Waals surface area (Å²) in [5.41, 5.74) is 2.55. The number of carbonyl (C=O) groups is 2. The average Bonchev–Trinajstić information content (AvgIpc) is 2.74. The topological polar surface area (TPSA) is 58.2 Å². The molecule has 5 heteroatoms. The van der Waals surface area contributed by atoms with Crippen LogP contribution in [0.4, 0.5) is 11.4 Å². The van der Waals surface area contributed by atoms with Crippen LogP contribution < -0.4 is 10.6 Å². The molecule has 144 valence electrons. The first-order valence-electron chi connectivity index (χ1n) is 9.16. The highest BCUT2D eigenvalue weighted by molar-refractivity contribution is 8.16. The summed E-state index contributed by atoms with van der Waals surface area (Å²) in [6.07, 6.45) is 2.19. The van der Waals surface area contributed by atoms with E-state index in [0.717, 1.165) is 10.6 Å². The highest BCUT2D eigenvalue weighted by atomic mass is 32.2. The number of amides is 2. The lowest BCUT2D eigenvalue weighted by Gasteiger charge is -2.18. The molecule has 0 aromatic heterocycles. The zero-order valence-corrected chi connectivity index (χ0v) is 16.9. The lowest BCUT2D eigenvalue weighted by molar-refractivity contribution is 0.101. The van der Waals surface area contributed by atoms with Crippen LogP contribution in [0.3, 0.4) is 0 Å². The standard InChI is InChI=1S/C23H24N2O2S/c1-3-28(2)21-15-19(24-22(26)17-10-6-4-7-11-17)14-20(16-21)25-23(27)18-12-8-5-9-13-18/h4-16,28H,3H2,1-2H3,(H,24,26)(H,25,27). The Bertz CT molecular complexity index is 887. The first-order chi connectivity index (χ1) is 13.6. The molecule has 3 aromatic rings. The normalized spacial score (nSPS) is 12.1. The van der Waals surface area contributed by atoms with Gasteiger partial charge < -0.3 is 10.6 Å². The van der Waals surface area contributed by atoms with Crippen LogP contribution in [0.25, 0.3) is 0 Å². The molecule has 0 bridgehead atoms. The first-order valence-corrected chi connectivity index (χ1v) is 11.1. The third-order valence-electron chi connectivity index (χ3n) is 4.42. The molecule has 1 unspecified atom stereocenters. The van der Waals surface area contributed by atoms with Gasteiger partial charge in [-0.2, -0.15) is 0 Å². The summed E-state index contributed by atoms with van der Waals surface area (Å²) in [7, 11) is -0.367. The van der Waals surface area contributed by atoms with Gasteiger partial charge in [-0.15, -0.1) is 0 Å². The van der Waals surface area contributed by atoms with E-state index in [1.807, 2.05) is 48.5 Å². The molecule has 2 amide bonds. The lowest BCUT2D eigenvalue weighted by Crippen LogP contribution is -2.14. The molecular formula is C23H24N2O2S. The van der Waals surface area contributed by atoms with E-state index >= 15 is 0 Å². The molecule has 3 aromatic carbocycles. The van der Waals surface area contributed by atoms with E-state index in [-0.39, 0.29) is 22.7 Å². The second-order valence-corrected chi connectivity index (χ2v) is 8.97. The number of thiol groups is 1. The van der Waals surface area contributed by atoms with Crippen LogP contribution in [0.2, 0.25) is 0 Å². The Hall–Kier alpha value is -3.05. The van der Waals surface area contributed by atoms with Crippen LogP contribution >= 0.6 is 10.9 Å². The molecule has 0 aliphatic heterocycles. The Morgan fingerprint density at radius 2 is 1.18 bits per heavy atom. The van der Waals surface area contributed by atoms with Crippen LogP contribution in [0.15, 0.2) is 83.8 Å². The number of rotatable bonds is 6. The SMILES string of the molecule is CC[SH](C)c1cc(NC(=O)c2ccccc2)cc(NC(=O)c2ccccc2)c1. The summed E-state index contributed by atoms with van der Waals surface area (Å²) >= 11 is 0. The molecular weight excluding hydrogens is 368 g/mol. The van der Waals surface area contributed by atoms with Gasteiger partial charge in [0.05, 0.1) is 0 Å². The zero-order valence-electron chi connectivity index (χ0n) is 16.0. The maximum Gasteiger partial charge on any atom is 0.255 e. The number of hydrogen-bond acceptors (Lipinski definition) is 2. The fourth-order valence-electron chi connectivity index (χ4n) is 2.74. The van der Waals surface area contributed by atoms with Crippen LogP contribution in [0.1, 0.15) is 27.6 Å². The van der Waals surface area contributed by atoms with Crippen molar-refractivity contribution in [3.8, 4) is 0 Å². The van der Waals surface area contributed by atoms with Gasteiger partial charge in [-0.1, -0.05) is 43.3 Å². The van der Waals surface area contributed by atoms with Gasteiger partial charge in [0.25, 0.3) is 11.8 Å². The average molecular weight is 393 g/mol. The molecule has 0 radical (unpaired) electrons. The minimum absolute atomic E-state index is 0.171. The van der Waals surface area contributed by atoms with Crippen molar-refractivity contribution in [3.63, 3.8) is 0 Å². The Labute approximate surface area is 168 Å². The molecule has 0 heterocycles. The van der Waals surface area contributed by atoms with Crippen molar-refractivity contribution in [2.45, 2.75) is 11.8 Å². The monoisotopic (exact) mass is 392 g/mol. The Morgan fingerprint density at radius 1 is 0.750 bits per heavy atom. The van der Waals surface area contributed by atoms with Crippen molar-refractivity contribution in [1.29, 1.82) is 0 Å². The van der Waals surface area contributed by atoms with Crippen molar-refractivity contribution < 1.29 is 9.59 Å². The highest BCUT2D eigenvalue weighted by Gasteiger charge is 2.11. The number of carbonyl (C=O) groups excluding carboxylic acids is 2. The molecule has 3 rings (SSSR count). The summed E-state index contributed by atoms with van der Waals surface area (Å²) in [4.78, 5) is 26.2. The predicted molar refractivity (Wildman–Crippen MR) is 119 cm³/mol. The molecule has 0 aliphatic rings. The smallest absolute Gasteiger partial charge is 0.255 e. The maximum absolute atomic E-state index is 12.5. The Morgan fingerprint density at radius 3 is 1.57 bits per heavy atom. The fourth-order valence-corrected chi connectivity index (χ4v) is 3.83. The van der Waals surface area contributed by atoms with E-state index in [1.165, 1.54) is 0 Å². The number of benzene rings is 3. The predicted octanol–water partition coefficient (Wildman–Crippen LogP) is 5.20. The minimum Gasteiger partial charge on any atom is -0.322 e. The second kappa shape index (κ2) is 9.24. The molecule has 0 fully saturated rings. The van der Waals surface area contributed by atoms with E-state index in [4.69, 9.17) is 0 Å². The molecule has 2 N–H and O–H groups in total. The minimum atomic E-state index is -0.367. The van der Waals surface area contributed by atoms with E-state index in [2.05, 4.69) is 23.8 Å². The van der Waals surface area contributed by atoms with Gasteiger partial charge in [0.2, 0.25) is 0 Å². The van der Waals surface area contributed by atoms with Crippen molar-refractivity contribution >= 4 is 34.1 Å². The molecule has 0 saturated carbocycles. The summed E-state index contributed by atoms with van der Waals surface area (Å²) in [5.74, 6) is 0.683. The van der Waals surface area contributed by atoms with Crippen molar-refractivity contribution in [1.82, 2.24) is 0 Å². The number of nitrogens with one attached hydrogen (secondary N) is 2. The Kier molecular flexibility index (Phi) is 6.50. The second-order valence-electron chi connectivity index (χ2n) is 6.42. The van der Waals surface area contributed by atoms with E-state index in [9.17, 15) is 9.59 Å². The maximum atomic E-state index is 12.5. The molecule has 4 nitrogen and oxygen atoms in total. The van der Waals surface area contributed by atoms with Gasteiger partial charge in [-0.05, 0) is 59.4 Å². The molecule has 1 atom stereocenters. The Balaban J connectivity index is 1.86. The van der Waals surface area contributed by atoms with Gasteiger partial charge in [0.1, 0.15) is 0 Å². The quantitative estimate of drug-likeness (QED) is 0.505. The summed E-state index contributed by atoms with van der Waals surface area (Å²) in [6.45, 7) is 2.14. The third-order valence-corrected chi connectivity index (χ3v) is 6.51. The zero-order chi connectivity index (χ0) is 19.9. The van der Waals surface area contributed by atoms with Crippen molar-refractivity contribution in [2.24, 2.45) is 0 Å². The van der Waals surface area contributed by atoms with E-state index in [1.54, 1.807) is 30.3 Å². The van der Waals surface area contributed by atoms with Crippen LogP contribution in [0.5, 0.6) is 0 Å². The summed E-state index contributed by atoms with van der Waals surface area (Å²) in [6, 6.07) is 24.0. The first kappa shape index (κ1) is 19.7. The van der Waals surface area contributed by atoms with Crippen molar-refractivity contribution in [2.75, 3.05) is 22.6 Å². The van der Waals surface area contributed by atoms with Crippen molar-refractivity contribution in [3.05, 3.63) is 90.0 Å². The fraction of sp³-hybridized carbons (Fsp3) is 0.130. The van der Waals surface area contributed by atoms with Gasteiger partial charge in [-0.3, -0.25) is 9.59 Å².